The molecule has 1 N–H and O–H groups in total. The molecule has 0 aliphatic carbocycles. The van der Waals surface area contributed by atoms with E-state index in [1.54, 1.807) is 24.3 Å². The highest BCUT2D eigenvalue weighted by atomic mass is 35.5. The average molecular weight is 328 g/mol. The molecule has 0 aliphatic rings. The van der Waals surface area contributed by atoms with Crippen molar-refractivity contribution in [3.8, 4) is 11.4 Å². The molecular formula is C17H14ClN3O2. The van der Waals surface area contributed by atoms with E-state index in [1.165, 1.54) is 0 Å². The molecule has 23 heavy (non-hydrogen) atoms. The summed E-state index contributed by atoms with van der Waals surface area (Å²) in [5.74, 6) is -0.133. The quantitative estimate of drug-likeness (QED) is 0.789. The number of amides is 1. The van der Waals surface area contributed by atoms with Crippen LogP contribution in [0.2, 0.25) is 5.02 Å². The van der Waals surface area contributed by atoms with Crippen LogP contribution in [0.4, 0.5) is 0 Å². The van der Waals surface area contributed by atoms with E-state index < -0.39 is 5.91 Å². The molecule has 1 atom stereocenters. The Morgan fingerprint density at radius 1 is 1.13 bits per heavy atom. The van der Waals surface area contributed by atoms with Gasteiger partial charge in [-0.25, -0.2) is 0 Å². The van der Waals surface area contributed by atoms with Crippen LogP contribution in [0.15, 0.2) is 59.1 Å². The first-order chi connectivity index (χ1) is 11.1. The second-order valence-corrected chi connectivity index (χ2v) is 5.47. The summed E-state index contributed by atoms with van der Waals surface area (Å²) in [6.07, 6.45) is 0. The number of halogens is 1. The Balaban J connectivity index is 1.72. The maximum absolute atomic E-state index is 12.2. The van der Waals surface area contributed by atoms with Crippen LogP contribution in [-0.2, 0) is 0 Å². The van der Waals surface area contributed by atoms with Gasteiger partial charge < -0.3 is 9.84 Å². The lowest BCUT2D eigenvalue weighted by atomic mass is 10.1. The molecule has 3 aromatic rings. The van der Waals surface area contributed by atoms with Crippen LogP contribution in [0, 0.1) is 0 Å². The maximum Gasteiger partial charge on any atom is 0.316 e. The fraction of sp³-hybridized carbons (Fsp3) is 0.118. The molecule has 1 aromatic heterocycles. The average Bonchev–Trinajstić information content (AvgIpc) is 3.06. The van der Waals surface area contributed by atoms with Crippen molar-refractivity contribution in [3.05, 3.63) is 71.1 Å². The lowest BCUT2D eigenvalue weighted by Crippen LogP contribution is -2.26. The minimum absolute atomic E-state index is 0.0715. The summed E-state index contributed by atoms with van der Waals surface area (Å²) in [6, 6.07) is 16.5. The third-order valence-electron chi connectivity index (χ3n) is 3.37. The van der Waals surface area contributed by atoms with Gasteiger partial charge in [-0.15, -0.1) is 0 Å². The summed E-state index contributed by atoms with van der Waals surface area (Å²) < 4.78 is 5.04. The molecule has 0 saturated carbocycles. The molecule has 3 rings (SSSR count). The Morgan fingerprint density at radius 2 is 1.83 bits per heavy atom. The second-order valence-electron chi connectivity index (χ2n) is 5.04. The van der Waals surface area contributed by atoms with Gasteiger partial charge in [-0.1, -0.05) is 47.1 Å². The van der Waals surface area contributed by atoms with Crippen molar-refractivity contribution in [1.29, 1.82) is 0 Å². The molecule has 1 heterocycles. The van der Waals surface area contributed by atoms with E-state index in [2.05, 4.69) is 15.5 Å². The number of rotatable bonds is 4. The van der Waals surface area contributed by atoms with Gasteiger partial charge in [0.2, 0.25) is 5.82 Å². The number of carbonyl (C=O) groups excluding carboxylic acids is 1. The third-order valence-corrected chi connectivity index (χ3v) is 3.62. The monoisotopic (exact) mass is 327 g/mol. The lowest BCUT2D eigenvalue weighted by molar-refractivity contribution is 0.0895. The zero-order valence-electron chi connectivity index (χ0n) is 12.4. The number of nitrogens with zero attached hydrogens (tertiary/aromatic N) is 2. The molecule has 5 nitrogen and oxygen atoms in total. The fourth-order valence-corrected chi connectivity index (χ4v) is 2.24. The van der Waals surface area contributed by atoms with Crippen LogP contribution in [0.5, 0.6) is 0 Å². The van der Waals surface area contributed by atoms with Crippen LogP contribution < -0.4 is 5.32 Å². The molecule has 0 aliphatic heterocycles. The van der Waals surface area contributed by atoms with Crippen molar-refractivity contribution >= 4 is 17.5 Å². The Bertz CT molecular complexity index is 800. The molecule has 0 radical (unpaired) electrons. The minimum Gasteiger partial charge on any atom is -0.341 e. The molecule has 0 unspecified atom stereocenters. The molecule has 0 saturated heterocycles. The van der Waals surface area contributed by atoms with Gasteiger partial charge in [0.1, 0.15) is 0 Å². The van der Waals surface area contributed by atoms with Gasteiger partial charge >= 0.3 is 11.8 Å². The second kappa shape index (κ2) is 6.62. The van der Waals surface area contributed by atoms with Crippen molar-refractivity contribution in [1.82, 2.24) is 15.5 Å². The van der Waals surface area contributed by atoms with Gasteiger partial charge in [0.15, 0.2) is 0 Å². The van der Waals surface area contributed by atoms with Crippen molar-refractivity contribution in [2.24, 2.45) is 0 Å². The normalized spacial score (nSPS) is 11.9. The van der Waals surface area contributed by atoms with Crippen molar-refractivity contribution in [2.45, 2.75) is 13.0 Å². The van der Waals surface area contributed by atoms with Gasteiger partial charge in [0.05, 0.1) is 6.04 Å². The smallest absolute Gasteiger partial charge is 0.316 e. The highest BCUT2D eigenvalue weighted by Crippen LogP contribution is 2.19. The largest absolute Gasteiger partial charge is 0.341 e. The first kappa shape index (κ1) is 15.2. The summed E-state index contributed by atoms with van der Waals surface area (Å²) in [7, 11) is 0. The van der Waals surface area contributed by atoms with E-state index in [-0.39, 0.29) is 11.9 Å². The van der Waals surface area contributed by atoms with Gasteiger partial charge in [0.25, 0.3) is 0 Å². The van der Waals surface area contributed by atoms with E-state index >= 15 is 0 Å². The summed E-state index contributed by atoms with van der Waals surface area (Å²) in [5.41, 5.74) is 1.73. The molecule has 116 valence electrons. The topological polar surface area (TPSA) is 68.0 Å². The summed E-state index contributed by atoms with van der Waals surface area (Å²) in [4.78, 5) is 16.3. The number of hydrogen-bond acceptors (Lipinski definition) is 4. The summed E-state index contributed by atoms with van der Waals surface area (Å²) in [6.45, 7) is 1.89. The molecule has 6 heteroatoms. The summed E-state index contributed by atoms with van der Waals surface area (Å²) in [5, 5.41) is 7.27. The highest BCUT2D eigenvalue weighted by molar-refractivity contribution is 6.30. The van der Waals surface area contributed by atoms with E-state index in [1.807, 2.05) is 37.3 Å². The number of carbonyl (C=O) groups is 1. The molecule has 1 amide bonds. The summed E-state index contributed by atoms with van der Waals surface area (Å²) >= 11 is 5.84. The van der Waals surface area contributed by atoms with Crippen LogP contribution >= 0.6 is 11.6 Å². The number of aromatic nitrogens is 2. The fourth-order valence-electron chi connectivity index (χ4n) is 2.12. The Kier molecular flexibility index (Phi) is 4.39. The first-order valence-electron chi connectivity index (χ1n) is 7.09. The molecule has 2 aromatic carbocycles. The number of hydrogen-bond donors (Lipinski definition) is 1. The van der Waals surface area contributed by atoms with Crippen LogP contribution in [0.25, 0.3) is 11.4 Å². The van der Waals surface area contributed by atoms with Crippen LogP contribution in [0.3, 0.4) is 0 Å². The molecule has 0 spiro atoms. The van der Waals surface area contributed by atoms with Crippen LogP contribution in [-0.4, -0.2) is 16.0 Å². The zero-order chi connectivity index (χ0) is 16.2. The Labute approximate surface area is 138 Å². The number of nitrogens with one attached hydrogen (secondary N) is 1. The predicted octanol–water partition coefficient (Wildman–Crippen LogP) is 3.88. The van der Waals surface area contributed by atoms with Crippen molar-refractivity contribution in [2.75, 3.05) is 0 Å². The van der Waals surface area contributed by atoms with Gasteiger partial charge in [-0.2, -0.15) is 4.98 Å². The van der Waals surface area contributed by atoms with Crippen molar-refractivity contribution in [3.63, 3.8) is 0 Å². The van der Waals surface area contributed by atoms with E-state index in [0.717, 1.165) is 11.1 Å². The Morgan fingerprint density at radius 3 is 2.52 bits per heavy atom. The van der Waals surface area contributed by atoms with E-state index in [4.69, 9.17) is 16.1 Å². The molecular weight excluding hydrogens is 314 g/mol. The maximum atomic E-state index is 12.2. The molecule has 0 bridgehead atoms. The van der Waals surface area contributed by atoms with Gasteiger partial charge in [0, 0.05) is 10.6 Å². The van der Waals surface area contributed by atoms with Crippen LogP contribution in [0.1, 0.15) is 29.2 Å². The number of benzene rings is 2. The minimum atomic E-state index is -0.408. The van der Waals surface area contributed by atoms with E-state index in [0.29, 0.717) is 10.8 Å². The third kappa shape index (κ3) is 3.57. The molecule has 0 fully saturated rings. The SMILES string of the molecule is C[C@H](NC(=O)c1nc(-c2ccc(Cl)cc2)no1)c1ccccc1. The van der Waals surface area contributed by atoms with Gasteiger partial charge in [-0.05, 0) is 36.8 Å². The van der Waals surface area contributed by atoms with E-state index in [9.17, 15) is 4.79 Å². The standard InChI is InChI=1S/C17H14ClN3O2/c1-11(12-5-3-2-4-6-12)19-16(22)17-20-15(21-23-17)13-7-9-14(18)10-8-13/h2-11H,1H3,(H,19,22)/t11-/m0/s1. The first-order valence-corrected chi connectivity index (χ1v) is 7.47. The zero-order valence-corrected chi connectivity index (χ0v) is 13.1. The lowest BCUT2D eigenvalue weighted by Gasteiger charge is -2.12. The van der Waals surface area contributed by atoms with Gasteiger partial charge in [-0.3, -0.25) is 4.79 Å². The Hall–Kier alpha value is -2.66. The van der Waals surface area contributed by atoms with Crippen molar-refractivity contribution < 1.29 is 9.32 Å². The highest BCUT2D eigenvalue weighted by Gasteiger charge is 2.18. The predicted molar refractivity (Wildman–Crippen MR) is 87.1 cm³/mol.